The van der Waals surface area contributed by atoms with Crippen LogP contribution in [0.2, 0.25) is 0 Å². The zero-order chi connectivity index (χ0) is 11.5. The molecule has 1 aliphatic rings. The molecule has 2 atom stereocenters. The van der Waals surface area contributed by atoms with Crippen molar-refractivity contribution in [3.05, 3.63) is 28.5 Å². The van der Waals surface area contributed by atoms with Gasteiger partial charge in [-0.2, -0.15) is 0 Å². The number of nitrogens with zero attached hydrogens (tertiary/aromatic N) is 1. The van der Waals surface area contributed by atoms with Crippen molar-refractivity contribution in [2.24, 2.45) is 11.8 Å². The smallest absolute Gasteiger partial charge is 0.0438 e. The van der Waals surface area contributed by atoms with Gasteiger partial charge in [0.05, 0.1) is 0 Å². The van der Waals surface area contributed by atoms with Crippen molar-refractivity contribution < 1.29 is 0 Å². The second-order valence-electron chi connectivity index (χ2n) is 5.06. The Bertz CT molecular complexity index is 334. The first-order valence-corrected chi connectivity index (χ1v) is 6.78. The Kier molecular flexibility index (Phi) is 3.98. The van der Waals surface area contributed by atoms with E-state index in [2.05, 4.69) is 52.2 Å². The van der Waals surface area contributed by atoms with Crippen LogP contribution in [0.3, 0.4) is 0 Å². The van der Waals surface area contributed by atoms with Crippen LogP contribution in [0, 0.1) is 11.8 Å². The summed E-state index contributed by atoms with van der Waals surface area (Å²) in [6.07, 6.45) is 3.19. The molecule has 2 nitrogen and oxygen atoms in total. The maximum absolute atomic E-state index is 4.46. The average molecular weight is 283 g/mol. The molecular formula is C13H19BrN2. The van der Waals surface area contributed by atoms with Crippen molar-refractivity contribution >= 4 is 15.9 Å². The van der Waals surface area contributed by atoms with E-state index in [9.17, 15) is 0 Å². The third-order valence-corrected chi connectivity index (χ3v) is 3.48. The fourth-order valence-electron chi connectivity index (χ4n) is 2.00. The van der Waals surface area contributed by atoms with Crippen LogP contribution in [0.4, 0.5) is 0 Å². The second kappa shape index (κ2) is 5.28. The van der Waals surface area contributed by atoms with Gasteiger partial charge in [0.25, 0.3) is 0 Å². The van der Waals surface area contributed by atoms with Crippen molar-refractivity contribution in [3.63, 3.8) is 0 Å². The van der Waals surface area contributed by atoms with E-state index >= 15 is 0 Å². The molecule has 0 saturated heterocycles. The molecule has 1 fully saturated rings. The summed E-state index contributed by atoms with van der Waals surface area (Å²) >= 11 is 3.41. The predicted molar refractivity (Wildman–Crippen MR) is 70.5 cm³/mol. The van der Waals surface area contributed by atoms with Gasteiger partial charge >= 0.3 is 0 Å². The Labute approximate surface area is 106 Å². The second-order valence-corrected chi connectivity index (χ2v) is 5.97. The molecule has 1 aromatic heterocycles. The molecule has 0 aliphatic heterocycles. The summed E-state index contributed by atoms with van der Waals surface area (Å²) < 4.78 is 1.06. The lowest BCUT2D eigenvalue weighted by Gasteiger charge is -2.06. The first-order chi connectivity index (χ1) is 7.66. The molecule has 1 N–H and O–H groups in total. The van der Waals surface area contributed by atoms with E-state index in [-0.39, 0.29) is 0 Å². The highest BCUT2D eigenvalue weighted by Crippen LogP contribution is 2.46. The number of hydrogen-bond donors (Lipinski definition) is 1. The Balaban J connectivity index is 1.76. The van der Waals surface area contributed by atoms with Crippen molar-refractivity contribution in [2.45, 2.75) is 26.2 Å². The topological polar surface area (TPSA) is 24.9 Å². The van der Waals surface area contributed by atoms with Crippen LogP contribution in [0.5, 0.6) is 0 Å². The molecule has 1 saturated carbocycles. The molecular weight excluding hydrogens is 264 g/mol. The van der Waals surface area contributed by atoms with Gasteiger partial charge in [-0.05, 0) is 59.4 Å². The van der Waals surface area contributed by atoms with E-state index in [0.29, 0.717) is 5.92 Å². The zero-order valence-electron chi connectivity index (χ0n) is 9.91. The number of hydrogen-bond acceptors (Lipinski definition) is 2. The van der Waals surface area contributed by atoms with Gasteiger partial charge in [0, 0.05) is 22.3 Å². The average Bonchev–Trinajstić information content (AvgIpc) is 2.98. The highest BCUT2D eigenvalue weighted by atomic mass is 79.9. The lowest BCUT2D eigenvalue weighted by atomic mass is 10.2. The Morgan fingerprint density at radius 2 is 2.31 bits per heavy atom. The summed E-state index contributed by atoms with van der Waals surface area (Å²) in [7, 11) is 0. The van der Waals surface area contributed by atoms with Crippen LogP contribution in [0.15, 0.2) is 22.8 Å². The molecule has 88 valence electrons. The standard InChI is InChI=1S/C13H19BrN2/c1-9(2)6-15-7-10-5-12(10)13-4-3-11(14)8-16-13/h3-4,8-10,12,15H,5-7H2,1-2H3. The van der Waals surface area contributed by atoms with Crippen LogP contribution in [-0.4, -0.2) is 18.1 Å². The molecule has 0 spiro atoms. The van der Waals surface area contributed by atoms with Gasteiger partial charge in [-0.3, -0.25) is 4.98 Å². The maximum atomic E-state index is 4.46. The first-order valence-electron chi connectivity index (χ1n) is 5.99. The van der Waals surface area contributed by atoms with E-state index in [1.807, 2.05) is 6.20 Å². The molecule has 2 unspecified atom stereocenters. The van der Waals surface area contributed by atoms with E-state index in [1.165, 1.54) is 12.1 Å². The van der Waals surface area contributed by atoms with E-state index < -0.39 is 0 Å². The van der Waals surface area contributed by atoms with Gasteiger partial charge in [0.1, 0.15) is 0 Å². The predicted octanol–water partition coefficient (Wildman–Crippen LogP) is 3.19. The van der Waals surface area contributed by atoms with Crippen molar-refractivity contribution in [1.82, 2.24) is 10.3 Å². The normalized spacial score (nSPS) is 23.8. The van der Waals surface area contributed by atoms with Crippen molar-refractivity contribution in [2.75, 3.05) is 13.1 Å². The van der Waals surface area contributed by atoms with E-state index in [4.69, 9.17) is 0 Å². The Morgan fingerprint density at radius 1 is 1.50 bits per heavy atom. The minimum absolute atomic E-state index is 0.688. The lowest BCUT2D eigenvalue weighted by molar-refractivity contribution is 0.532. The molecule has 1 aromatic rings. The minimum Gasteiger partial charge on any atom is -0.316 e. The number of pyridine rings is 1. The largest absolute Gasteiger partial charge is 0.316 e. The first kappa shape index (κ1) is 12.1. The molecule has 16 heavy (non-hydrogen) atoms. The third-order valence-electron chi connectivity index (χ3n) is 3.01. The fraction of sp³-hybridized carbons (Fsp3) is 0.615. The molecule has 1 aliphatic carbocycles. The van der Waals surface area contributed by atoms with Crippen LogP contribution in [0.1, 0.15) is 31.9 Å². The molecule has 0 bridgehead atoms. The van der Waals surface area contributed by atoms with Gasteiger partial charge in [-0.25, -0.2) is 0 Å². The molecule has 1 heterocycles. The zero-order valence-corrected chi connectivity index (χ0v) is 11.5. The Hall–Kier alpha value is -0.410. The Morgan fingerprint density at radius 3 is 2.94 bits per heavy atom. The summed E-state index contributed by atoms with van der Waals surface area (Å²) in [5.41, 5.74) is 1.25. The minimum atomic E-state index is 0.688. The van der Waals surface area contributed by atoms with Crippen LogP contribution in [0.25, 0.3) is 0 Å². The van der Waals surface area contributed by atoms with E-state index in [1.54, 1.807) is 0 Å². The lowest BCUT2D eigenvalue weighted by Crippen LogP contribution is -2.22. The molecule has 0 amide bonds. The molecule has 0 radical (unpaired) electrons. The van der Waals surface area contributed by atoms with Crippen LogP contribution in [-0.2, 0) is 0 Å². The molecule has 0 aromatic carbocycles. The highest BCUT2D eigenvalue weighted by Gasteiger charge is 2.38. The van der Waals surface area contributed by atoms with Crippen LogP contribution < -0.4 is 5.32 Å². The summed E-state index contributed by atoms with van der Waals surface area (Å²) in [6.45, 7) is 6.75. The summed E-state index contributed by atoms with van der Waals surface area (Å²) in [6, 6.07) is 4.22. The maximum Gasteiger partial charge on any atom is 0.0438 e. The summed E-state index contributed by atoms with van der Waals surface area (Å²) in [5.74, 6) is 2.23. The highest BCUT2D eigenvalue weighted by molar-refractivity contribution is 9.10. The third kappa shape index (κ3) is 3.29. The summed E-state index contributed by atoms with van der Waals surface area (Å²) in [5, 5.41) is 3.52. The van der Waals surface area contributed by atoms with Gasteiger partial charge < -0.3 is 5.32 Å². The van der Waals surface area contributed by atoms with Gasteiger partial charge in [-0.15, -0.1) is 0 Å². The molecule has 3 heteroatoms. The van der Waals surface area contributed by atoms with Crippen molar-refractivity contribution in [3.8, 4) is 0 Å². The van der Waals surface area contributed by atoms with Gasteiger partial charge in [0.15, 0.2) is 0 Å². The van der Waals surface area contributed by atoms with Crippen molar-refractivity contribution in [1.29, 1.82) is 0 Å². The van der Waals surface area contributed by atoms with Crippen LogP contribution >= 0.6 is 15.9 Å². The number of nitrogens with one attached hydrogen (secondary N) is 1. The van der Waals surface area contributed by atoms with Gasteiger partial charge in [-0.1, -0.05) is 13.8 Å². The number of rotatable bonds is 5. The van der Waals surface area contributed by atoms with E-state index in [0.717, 1.165) is 29.4 Å². The van der Waals surface area contributed by atoms with Gasteiger partial charge in [0.2, 0.25) is 0 Å². The monoisotopic (exact) mass is 282 g/mol. The number of aromatic nitrogens is 1. The summed E-state index contributed by atoms with van der Waals surface area (Å²) in [4.78, 5) is 4.46. The number of halogens is 1. The fourth-order valence-corrected chi connectivity index (χ4v) is 2.23. The molecule has 2 rings (SSSR count). The quantitative estimate of drug-likeness (QED) is 0.897. The SMILES string of the molecule is CC(C)CNCC1CC1c1ccc(Br)cn1.